The van der Waals surface area contributed by atoms with Crippen LogP contribution in [-0.4, -0.2) is 47.5 Å². The number of hydrogen-bond donors (Lipinski definition) is 1. The monoisotopic (exact) mass is 354 g/mol. The van der Waals surface area contributed by atoms with E-state index in [1.54, 1.807) is 19.5 Å². The Balaban J connectivity index is 1.49. The van der Waals surface area contributed by atoms with Crippen LogP contribution in [0.3, 0.4) is 0 Å². The molecule has 0 atom stereocenters. The van der Waals surface area contributed by atoms with E-state index in [1.165, 1.54) is 18.4 Å². The Morgan fingerprint density at radius 1 is 1.08 bits per heavy atom. The lowest BCUT2D eigenvalue weighted by molar-refractivity contribution is 0.0761. The van der Waals surface area contributed by atoms with Crippen molar-refractivity contribution in [2.45, 2.75) is 32.1 Å². The average molecular weight is 354 g/mol. The summed E-state index contributed by atoms with van der Waals surface area (Å²) in [7, 11) is 1.66. The zero-order valence-electron chi connectivity index (χ0n) is 15.3. The third kappa shape index (κ3) is 4.94. The molecule has 1 aliphatic heterocycles. The van der Waals surface area contributed by atoms with Gasteiger partial charge in [-0.15, -0.1) is 0 Å². The molecular weight excluding hydrogens is 328 g/mol. The molecule has 1 aromatic carbocycles. The van der Waals surface area contributed by atoms with E-state index in [1.807, 2.05) is 29.2 Å². The van der Waals surface area contributed by atoms with Crippen molar-refractivity contribution in [1.29, 1.82) is 0 Å². The molecule has 0 unspecified atom stereocenters. The van der Waals surface area contributed by atoms with Crippen LogP contribution in [0.1, 0.15) is 41.6 Å². The van der Waals surface area contributed by atoms with E-state index in [9.17, 15) is 4.79 Å². The minimum atomic E-state index is 0.0386. The van der Waals surface area contributed by atoms with Crippen LogP contribution in [0.2, 0.25) is 0 Å². The van der Waals surface area contributed by atoms with Gasteiger partial charge in [0.15, 0.2) is 0 Å². The molecule has 138 valence electrons. The highest BCUT2D eigenvalue weighted by atomic mass is 16.5. The second-order valence-corrected chi connectivity index (χ2v) is 6.53. The van der Waals surface area contributed by atoms with E-state index in [0.29, 0.717) is 11.5 Å². The number of carbonyl (C=O) groups is 1. The van der Waals surface area contributed by atoms with Crippen LogP contribution in [0, 0.1) is 0 Å². The van der Waals surface area contributed by atoms with Crippen LogP contribution in [0.15, 0.2) is 36.7 Å². The predicted molar refractivity (Wildman–Crippen MR) is 102 cm³/mol. The number of rotatable bonds is 6. The lowest BCUT2D eigenvalue weighted by atomic mass is 10.1. The molecule has 1 aliphatic rings. The second kappa shape index (κ2) is 9.17. The van der Waals surface area contributed by atoms with Crippen LogP contribution in [-0.2, 0) is 6.42 Å². The molecule has 1 aromatic heterocycles. The molecule has 0 aliphatic carbocycles. The topological polar surface area (TPSA) is 67.3 Å². The Hall–Kier alpha value is -2.63. The van der Waals surface area contributed by atoms with Crippen molar-refractivity contribution in [2.24, 2.45) is 0 Å². The van der Waals surface area contributed by atoms with Gasteiger partial charge in [0.05, 0.1) is 12.7 Å². The molecule has 0 saturated carbocycles. The van der Waals surface area contributed by atoms with Gasteiger partial charge in [0.1, 0.15) is 5.75 Å². The van der Waals surface area contributed by atoms with Gasteiger partial charge in [-0.25, -0.2) is 9.97 Å². The molecule has 1 amide bonds. The molecule has 1 N–H and O–H groups in total. The van der Waals surface area contributed by atoms with E-state index in [4.69, 9.17) is 4.74 Å². The fourth-order valence-corrected chi connectivity index (χ4v) is 3.10. The highest BCUT2D eigenvalue weighted by molar-refractivity contribution is 5.93. The summed E-state index contributed by atoms with van der Waals surface area (Å²) in [6.45, 7) is 2.40. The molecule has 0 bridgehead atoms. The molecule has 2 aromatic rings. The summed E-state index contributed by atoms with van der Waals surface area (Å²) in [5.74, 6) is 1.44. The molecular formula is C20H26N4O2. The number of nitrogens with one attached hydrogen (secondary N) is 1. The van der Waals surface area contributed by atoms with Crippen LogP contribution in [0.25, 0.3) is 0 Å². The van der Waals surface area contributed by atoms with Crippen LogP contribution in [0.4, 0.5) is 5.95 Å². The molecule has 6 heteroatoms. The van der Waals surface area contributed by atoms with Gasteiger partial charge in [-0.3, -0.25) is 4.79 Å². The average Bonchev–Trinajstić information content (AvgIpc) is 2.98. The first-order chi connectivity index (χ1) is 12.8. The van der Waals surface area contributed by atoms with Crippen molar-refractivity contribution in [2.75, 3.05) is 32.1 Å². The van der Waals surface area contributed by atoms with Crippen molar-refractivity contribution in [1.82, 2.24) is 14.9 Å². The van der Waals surface area contributed by atoms with E-state index >= 15 is 0 Å². The van der Waals surface area contributed by atoms with Gasteiger partial charge >= 0.3 is 0 Å². The van der Waals surface area contributed by atoms with Gasteiger partial charge < -0.3 is 15.0 Å². The molecule has 26 heavy (non-hydrogen) atoms. The fourth-order valence-electron chi connectivity index (χ4n) is 3.10. The van der Waals surface area contributed by atoms with Gasteiger partial charge in [0.25, 0.3) is 5.91 Å². The number of likely N-dealkylation sites (tertiary alicyclic amines) is 1. The Kier molecular flexibility index (Phi) is 6.41. The first kappa shape index (κ1) is 18.2. The van der Waals surface area contributed by atoms with Gasteiger partial charge in [0, 0.05) is 32.0 Å². The van der Waals surface area contributed by atoms with Crippen molar-refractivity contribution < 1.29 is 9.53 Å². The molecule has 6 nitrogen and oxygen atoms in total. The lowest BCUT2D eigenvalue weighted by Gasteiger charge is -2.19. The Labute approximate surface area is 154 Å². The summed E-state index contributed by atoms with van der Waals surface area (Å²) in [6.07, 6.45) is 8.68. The summed E-state index contributed by atoms with van der Waals surface area (Å²) in [6, 6.07) is 8.00. The summed E-state index contributed by atoms with van der Waals surface area (Å²) in [4.78, 5) is 23.0. The fraction of sp³-hybridized carbons (Fsp3) is 0.450. The summed E-state index contributed by atoms with van der Waals surface area (Å²) < 4.78 is 5.16. The SMILES string of the molecule is COc1ccc(CCNc2ncc(C(=O)N3CCCCCC3)cn2)cc1. The summed E-state index contributed by atoms with van der Waals surface area (Å²) in [5.41, 5.74) is 1.78. The normalized spacial score (nSPS) is 14.6. The third-order valence-corrected chi connectivity index (χ3v) is 4.65. The lowest BCUT2D eigenvalue weighted by Crippen LogP contribution is -2.32. The van der Waals surface area contributed by atoms with Crippen molar-refractivity contribution in [3.63, 3.8) is 0 Å². The third-order valence-electron chi connectivity index (χ3n) is 4.65. The number of aromatic nitrogens is 2. The molecule has 0 radical (unpaired) electrons. The van der Waals surface area contributed by atoms with Crippen LogP contribution in [0.5, 0.6) is 5.75 Å². The maximum absolute atomic E-state index is 12.5. The number of benzene rings is 1. The van der Waals surface area contributed by atoms with E-state index in [-0.39, 0.29) is 5.91 Å². The largest absolute Gasteiger partial charge is 0.497 e. The number of nitrogens with zero attached hydrogens (tertiary/aromatic N) is 3. The standard InChI is InChI=1S/C20H26N4O2/c1-26-18-8-6-16(7-9-18)10-11-21-20-22-14-17(15-23-20)19(25)24-12-4-2-3-5-13-24/h6-9,14-15H,2-5,10-13H2,1H3,(H,21,22,23). The maximum Gasteiger partial charge on any atom is 0.256 e. The quantitative estimate of drug-likeness (QED) is 0.863. The predicted octanol–water partition coefficient (Wildman–Crippen LogP) is 3.16. The first-order valence-corrected chi connectivity index (χ1v) is 9.24. The maximum atomic E-state index is 12.5. The van der Waals surface area contributed by atoms with Crippen LogP contribution < -0.4 is 10.1 Å². The summed E-state index contributed by atoms with van der Waals surface area (Å²) in [5, 5.41) is 3.20. The second-order valence-electron chi connectivity index (χ2n) is 6.53. The number of carbonyl (C=O) groups excluding carboxylic acids is 1. The van der Waals surface area contributed by atoms with Gasteiger partial charge in [0.2, 0.25) is 5.95 Å². The Morgan fingerprint density at radius 2 is 1.73 bits per heavy atom. The highest BCUT2D eigenvalue weighted by Gasteiger charge is 2.17. The zero-order chi connectivity index (χ0) is 18.2. The van der Waals surface area contributed by atoms with E-state index < -0.39 is 0 Å². The van der Waals surface area contributed by atoms with Crippen molar-refractivity contribution >= 4 is 11.9 Å². The van der Waals surface area contributed by atoms with Gasteiger partial charge in [-0.1, -0.05) is 25.0 Å². The number of ether oxygens (including phenoxy) is 1. The minimum absolute atomic E-state index is 0.0386. The Bertz CT molecular complexity index is 693. The smallest absolute Gasteiger partial charge is 0.256 e. The molecule has 1 fully saturated rings. The van der Waals surface area contributed by atoms with Crippen molar-refractivity contribution in [3.8, 4) is 5.75 Å². The number of methoxy groups -OCH3 is 1. The highest BCUT2D eigenvalue weighted by Crippen LogP contribution is 2.14. The Morgan fingerprint density at radius 3 is 2.35 bits per heavy atom. The number of amides is 1. The molecule has 0 spiro atoms. The summed E-state index contributed by atoms with van der Waals surface area (Å²) >= 11 is 0. The minimum Gasteiger partial charge on any atom is -0.497 e. The zero-order valence-corrected chi connectivity index (χ0v) is 15.3. The number of anilines is 1. The van der Waals surface area contributed by atoms with Gasteiger partial charge in [-0.05, 0) is 37.0 Å². The van der Waals surface area contributed by atoms with E-state index in [0.717, 1.165) is 44.6 Å². The van der Waals surface area contributed by atoms with Gasteiger partial charge in [-0.2, -0.15) is 0 Å². The molecule has 2 heterocycles. The molecule has 3 rings (SSSR count). The van der Waals surface area contributed by atoms with Crippen LogP contribution >= 0.6 is 0 Å². The first-order valence-electron chi connectivity index (χ1n) is 9.24. The van der Waals surface area contributed by atoms with Crippen molar-refractivity contribution in [3.05, 3.63) is 47.8 Å². The van der Waals surface area contributed by atoms with E-state index in [2.05, 4.69) is 15.3 Å². The molecule has 1 saturated heterocycles. The number of hydrogen-bond acceptors (Lipinski definition) is 5.